The van der Waals surface area contributed by atoms with E-state index in [2.05, 4.69) is 20.1 Å². The molecule has 0 aromatic carbocycles. The molecule has 0 rings (SSSR count). The van der Waals surface area contributed by atoms with E-state index in [4.69, 9.17) is 14.6 Å². The van der Waals surface area contributed by atoms with Crippen LogP contribution < -0.4 is 0 Å². The predicted octanol–water partition coefficient (Wildman–Crippen LogP) is 4.43. The van der Waals surface area contributed by atoms with Gasteiger partial charge in [-0.15, -0.1) is 0 Å². The van der Waals surface area contributed by atoms with Crippen LogP contribution in [-0.2, 0) is 9.47 Å². The monoisotopic (exact) mass is 272 g/mol. The average molecular weight is 272 g/mol. The third-order valence-electron chi connectivity index (χ3n) is 2.52. The van der Waals surface area contributed by atoms with Crippen LogP contribution in [0.5, 0.6) is 0 Å². The molecule has 0 saturated carbocycles. The second-order valence-electron chi connectivity index (χ2n) is 4.27. The van der Waals surface area contributed by atoms with Gasteiger partial charge in [0, 0.05) is 6.61 Å². The molecule has 0 aliphatic heterocycles. The summed E-state index contributed by atoms with van der Waals surface area (Å²) in [6.07, 6.45) is 12.2. The Kier molecular flexibility index (Phi) is 23.8. The van der Waals surface area contributed by atoms with Gasteiger partial charge < -0.3 is 14.6 Å². The van der Waals surface area contributed by atoms with Crippen LogP contribution in [0.25, 0.3) is 0 Å². The summed E-state index contributed by atoms with van der Waals surface area (Å²) in [5.41, 5.74) is 0. The molecule has 114 valence electrons. The van der Waals surface area contributed by atoms with Crippen LogP contribution >= 0.6 is 0 Å². The van der Waals surface area contributed by atoms with Gasteiger partial charge in [-0.25, -0.2) is 0 Å². The summed E-state index contributed by atoms with van der Waals surface area (Å²) in [5, 5.41) is 8.42. The SMILES string of the molecule is C=COCCCCCC.C=COCCCCCCO. The lowest BCUT2D eigenvalue weighted by Gasteiger charge is -1.98. The topological polar surface area (TPSA) is 38.7 Å². The molecule has 19 heavy (non-hydrogen) atoms. The number of hydrogen-bond donors (Lipinski definition) is 1. The molecule has 0 aromatic rings. The number of ether oxygens (including phenoxy) is 2. The quantitative estimate of drug-likeness (QED) is 0.398. The van der Waals surface area contributed by atoms with Crippen molar-refractivity contribution in [3.8, 4) is 0 Å². The lowest BCUT2D eigenvalue weighted by molar-refractivity contribution is 0.237. The van der Waals surface area contributed by atoms with Crippen molar-refractivity contribution in [2.24, 2.45) is 0 Å². The zero-order chi connectivity index (χ0) is 14.6. The zero-order valence-corrected chi connectivity index (χ0v) is 12.6. The lowest BCUT2D eigenvalue weighted by Crippen LogP contribution is -1.88. The fourth-order valence-corrected chi connectivity index (χ4v) is 1.43. The van der Waals surface area contributed by atoms with Crippen molar-refractivity contribution in [3.05, 3.63) is 25.7 Å². The van der Waals surface area contributed by atoms with Gasteiger partial charge in [0.05, 0.1) is 25.7 Å². The molecular formula is C16H32O3. The second kappa shape index (κ2) is 22.2. The minimum absolute atomic E-state index is 0.308. The summed E-state index contributed by atoms with van der Waals surface area (Å²) >= 11 is 0. The average Bonchev–Trinajstić information content (AvgIpc) is 2.43. The minimum atomic E-state index is 0.308. The molecule has 1 N–H and O–H groups in total. The summed E-state index contributed by atoms with van der Waals surface area (Å²) in [7, 11) is 0. The Balaban J connectivity index is 0. The van der Waals surface area contributed by atoms with Gasteiger partial charge in [-0.1, -0.05) is 45.8 Å². The number of aliphatic hydroxyl groups is 1. The Hall–Kier alpha value is -0.960. The van der Waals surface area contributed by atoms with Crippen LogP contribution in [0.1, 0.15) is 58.3 Å². The van der Waals surface area contributed by atoms with Crippen LogP contribution in [0.4, 0.5) is 0 Å². The van der Waals surface area contributed by atoms with Gasteiger partial charge in [-0.2, -0.15) is 0 Å². The standard InChI is InChI=1S/C8H16O2.C8H16O/c1-2-10-8-6-4-3-5-7-9;1-3-5-6-7-8-9-4-2/h2,9H,1,3-8H2;4H,2-3,5-8H2,1H3. The Morgan fingerprint density at radius 3 is 1.68 bits per heavy atom. The fraction of sp³-hybridized carbons (Fsp3) is 0.750. The van der Waals surface area contributed by atoms with Gasteiger partial charge in [0.2, 0.25) is 0 Å². The van der Waals surface area contributed by atoms with Crippen molar-refractivity contribution >= 4 is 0 Å². The molecule has 0 atom stereocenters. The highest BCUT2D eigenvalue weighted by molar-refractivity contribution is 4.49. The van der Waals surface area contributed by atoms with E-state index in [1.165, 1.54) is 38.2 Å². The second-order valence-corrected chi connectivity index (χ2v) is 4.27. The molecule has 0 saturated heterocycles. The van der Waals surface area contributed by atoms with Gasteiger partial charge in [-0.3, -0.25) is 0 Å². The Morgan fingerprint density at radius 2 is 1.26 bits per heavy atom. The molecule has 0 aromatic heterocycles. The van der Waals surface area contributed by atoms with Gasteiger partial charge in [-0.05, 0) is 25.7 Å². The maximum absolute atomic E-state index is 8.42. The maximum atomic E-state index is 8.42. The number of rotatable bonds is 13. The summed E-state index contributed by atoms with van der Waals surface area (Å²) in [5.74, 6) is 0. The zero-order valence-electron chi connectivity index (χ0n) is 12.6. The van der Waals surface area contributed by atoms with Crippen molar-refractivity contribution in [1.82, 2.24) is 0 Å². The molecule has 0 radical (unpaired) electrons. The van der Waals surface area contributed by atoms with Crippen LogP contribution in [0.3, 0.4) is 0 Å². The Morgan fingerprint density at radius 1 is 0.789 bits per heavy atom. The van der Waals surface area contributed by atoms with E-state index in [1.807, 2.05) is 0 Å². The number of hydrogen-bond acceptors (Lipinski definition) is 3. The van der Waals surface area contributed by atoms with Crippen LogP contribution in [-0.4, -0.2) is 24.9 Å². The third kappa shape index (κ3) is 26.6. The van der Waals surface area contributed by atoms with E-state index >= 15 is 0 Å². The largest absolute Gasteiger partial charge is 0.502 e. The smallest absolute Gasteiger partial charge is 0.0873 e. The van der Waals surface area contributed by atoms with E-state index < -0.39 is 0 Å². The van der Waals surface area contributed by atoms with Crippen LogP contribution in [0, 0.1) is 0 Å². The van der Waals surface area contributed by atoms with Crippen molar-refractivity contribution in [3.63, 3.8) is 0 Å². The summed E-state index contributed by atoms with van der Waals surface area (Å²) < 4.78 is 9.86. The predicted molar refractivity (Wildman–Crippen MR) is 82.0 cm³/mol. The minimum Gasteiger partial charge on any atom is -0.502 e. The molecule has 0 unspecified atom stereocenters. The van der Waals surface area contributed by atoms with Crippen molar-refractivity contribution in [2.45, 2.75) is 58.3 Å². The highest BCUT2D eigenvalue weighted by atomic mass is 16.5. The Labute approximate surface area is 119 Å². The van der Waals surface area contributed by atoms with Gasteiger partial charge in [0.15, 0.2) is 0 Å². The highest BCUT2D eigenvalue weighted by Crippen LogP contribution is 1.99. The molecule has 0 aliphatic carbocycles. The number of unbranched alkanes of at least 4 members (excludes halogenated alkanes) is 6. The molecule has 0 spiro atoms. The van der Waals surface area contributed by atoms with Crippen LogP contribution in [0.2, 0.25) is 0 Å². The summed E-state index contributed by atoms with van der Waals surface area (Å²) in [6.45, 7) is 11.0. The van der Waals surface area contributed by atoms with Gasteiger partial charge >= 0.3 is 0 Å². The molecule has 3 heteroatoms. The molecule has 0 heterocycles. The molecule has 0 bridgehead atoms. The van der Waals surface area contributed by atoms with Gasteiger partial charge in [0.25, 0.3) is 0 Å². The van der Waals surface area contributed by atoms with E-state index in [9.17, 15) is 0 Å². The van der Waals surface area contributed by atoms with Crippen molar-refractivity contribution in [2.75, 3.05) is 19.8 Å². The summed E-state index contributed by atoms with van der Waals surface area (Å²) in [4.78, 5) is 0. The van der Waals surface area contributed by atoms with Crippen molar-refractivity contribution in [1.29, 1.82) is 0 Å². The molecular weight excluding hydrogens is 240 g/mol. The van der Waals surface area contributed by atoms with E-state index in [0.717, 1.165) is 38.9 Å². The first-order valence-corrected chi connectivity index (χ1v) is 7.39. The van der Waals surface area contributed by atoms with Crippen LogP contribution in [0.15, 0.2) is 25.7 Å². The highest BCUT2D eigenvalue weighted by Gasteiger charge is 1.87. The molecule has 0 amide bonds. The maximum Gasteiger partial charge on any atom is 0.0873 e. The van der Waals surface area contributed by atoms with Gasteiger partial charge in [0.1, 0.15) is 0 Å². The van der Waals surface area contributed by atoms with E-state index in [-0.39, 0.29) is 0 Å². The fourth-order valence-electron chi connectivity index (χ4n) is 1.43. The molecule has 0 fully saturated rings. The van der Waals surface area contributed by atoms with E-state index in [0.29, 0.717) is 6.61 Å². The lowest BCUT2D eigenvalue weighted by atomic mass is 10.2. The number of aliphatic hydroxyl groups excluding tert-OH is 1. The van der Waals surface area contributed by atoms with Crippen molar-refractivity contribution < 1.29 is 14.6 Å². The third-order valence-corrected chi connectivity index (χ3v) is 2.52. The first kappa shape index (κ1) is 20.4. The summed E-state index contributed by atoms with van der Waals surface area (Å²) in [6, 6.07) is 0. The first-order valence-electron chi connectivity index (χ1n) is 7.39. The van der Waals surface area contributed by atoms with E-state index in [1.54, 1.807) is 0 Å². The Bertz CT molecular complexity index is 169. The normalized spacial score (nSPS) is 9.16. The first-order chi connectivity index (χ1) is 9.33. The molecule has 3 nitrogen and oxygen atoms in total. The molecule has 0 aliphatic rings.